The number of anilines is 1. The monoisotopic (exact) mass is 303 g/mol. The van der Waals surface area contributed by atoms with E-state index in [2.05, 4.69) is 32.6 Å². The van der Waals surface area contributed by atoms with Crippen LogP contribution >= 0.6 is 33.9 Å². The van der Waals surface area contributed by atoms with Crippen molar-refractivity contribution in [1.82, 2.24) is 9.97 Å². The summed E-state index contributed by atoms with van der Waals surface area (Å²) in [5.74, 6) is 0.535. The largest absolute Gasteiger partial charge is 0.383 e. The number of thiazole rings is 1. The lowest BCUT2D eigenvalue weighted by atomic mass is 10.3. The highest BCUT2D eigenvalue weighted by Gasteiger charge is 2.06. The van der Waals surface area contributed by atoms with Crippen molar-refractivity contribution in [2.45, 2.75) is 0 Å². The Hall–Kier alpha value is -0.690. The molecule has 2 heterocycles. The minimum atomic E-state index is 0.535. The van der Waals surface area contributed by atoms with Gasteiger partial charge in [0.15, 0.2) is 0 Å². The molecule has 0 saturated carbocycles. The second-order valence-electron chi connectivity index (χ2n) is 2.41. The molecule has 2 rings (SSSR count). The summed E-state index contributed by atoms with van der Waals surface area (Å²) >= 11 is 3.84. The fourth-order valence-electron chi connectivity index (χ4n) is 0.977. The second-order valence-corrected chi connectivity index (χ2v) is 5.33. The van der Waals surface area contributed by atoms with Gasteiger partial charge in [0.05, 0.1) is 14.6 Å². The Morgan fingerprint density at radius 1 is 1.38 bits per heavy atom. The Balaban J connectivity index is 2.52. The minimum absolute atomic E-state index is 0.535. The highest BCUT2D eigenvalue weighted by molar-refractivity contribution is 14.1. The van der Waals surface area contributed by atoms with Crippen LogP contribution in [0.2, 0.25) is 0 Å². The lowest BCUT2D eigenvalue weighted by molar-refractivity contribution is 1.32. The van der Waals surface area contributed by atoms with Gasteiger partial charge in [-0.25, -0.2) is 9.97 Å². The van der Waals surface area contributed by atoms with Gasteiger partial charge in [-0.3, -0.25) is 0 Å². The second kappa shape index (κ2) is 3.59. The molecule has 5 heteroatoms. The zero-order valence-electron chi connectivity index (χ0n) is 6.57. The minimum Gasteiger partial charge on any atom is -0.383 e. The molecular formula is C8H6IN3S. The smallest absolute Gasteiger partial charge is 0.133 e. The van der Waals surface area contributed by atoms with Gasteiger partial charge in [0, 0.05) is 6.20 Å². The number of pyridine rings is 1. The van der Waals surface area contributed by atoms with Crippen LogP contribution in [0.4, 0.5) is 5.82 Å². The molecule has 2 aromatic heterocycles. The van der Waals surface area contributed by atoms with E-state index < -0.39 is 0 Å². The van der Waals surface area contributed by atoms with Crippen LogP contribution in [0.5, 0.6) is 0 Å². The Morgan fingerprint density at radius 3 is 2.85 bits per heavy atom. The quantitative estimate of drug-likeness (QED) is 0.823. The van der Waals surface area contributed by atoms with Crippen molar-refractivity contribution >= 4 is 39.7 Å². The highest BCUT2D eigenvalue weighted by atomic mass is 127. The maximum absolute atomic E-state index is 5.71. The molecule has 2 aromatic rings. The highest BCUT2D eigenvalue weighted by Crippen LogP contribution is 2.28. The van der Waals surface area contributed by atoms with Crippen LogP contribution in [0.25, 0.3) is 10.6 Å². The van der Waals surface area contributed by atoms with E-state index in [0.29, 0.717) is 5.82 Å². The van der Waals surface area contributed by atoms with E-state index in [-0.39, 0.29) is 0 Å². The van der Waals surface area contributed by atoms with Crippen LogP contribution in [0.15, 0.2) is 24.5 Å². The molecule has 0 saturated heterocycles. The van der Waals surface area contributed by atoms with E-state index in [4.69, 9.17) is 5.73 Å². The third-order valence-corrected chi connectivity index (χ3v) is 3.30. The summed E-state index contributed by atoms with van der Waals surface area (Å²) in [4.78, 5) is 8.24. The van der Waals surface area contributed by atoms with Crippen LogP contribution in [0.3, 0.4) is 0 Å². The number of nitrogens with zero attached hydrogens (tertiary/aromatic N) is 2. The summed E-state index contributed by atoms with van der Waals surface area (Å²) in [6, 6.07) is 3.79. The number of nitrogen functional groups attached to an aromatic ring is 1. The van der Waals surface area contributed by atoms with Crippen molar-refractivity contribution < 1.29 is 0 Å². The number of hydrogen-bond acceptors (Lipinski definition) is 4. The molecule has 2 N–H and O–H groups in total. The summed E-state index contributed by atoms with van der Waals surface area (Å²) in [7, 11) is 0. The summed E-state index contributed by atoms with van der Waals surface area (Å²) in [6.45, 7) is 0. The molecule has 0 fully saturated rings. The van der Waals surface area contributed by atoms with E-state index >= 15 is 0 Å². The fourth-order valence-corrected chi connectivity index (χ4v) is 2.42. The molecule has 0 aliphatic carbocycles. The third-order valence-electron chi connectivity index (χ3n) is 1.55. The van der Waals surface area contributed by atoms with Gasteiger partial charge in [-0.15, -0.1) is 11.3 Å². The molecule has 0 aliphatic heterocycles. The standard InChI is InChI=1S/C8H6IN3S/c9-6-4-12-8(13-6)5-2-1-3-11-7(5)10/h1-4H,(H2,10,11). The molecule has 0 aromatic carbocycles. The first-order valence-corrected chi connectivity index (χ1v) is 5.49. The topological polar surface area (TPSA) is 51.8 Å². The average molecular weight is 303 g/mol. The number of nitrogens with two attached hydrogens (primary N) is 1. The fraction of sp³-hybridized carbons (Fsp3) is 0. The molecule has 0 amide bonds. The predicted octanol–water partition coefficient (Wildman–Crippen LogP) is 2.39. The summed E-state index contributed by atoms with van der Waals surface area (Å²) in [6.07, 6.45) is 3.50. The molecule has 0 unspecified atom stereocenters. The Kier molecular flexibility index (Phi) is 2.45. The van der Waals surface area contributed by atoms with Crippen molar-refractivity contribution in [2.75, 3.05) is 5.73 Å². The van der Waals surface area contributed by atoms with E-state index in [1.54, 1.807) is 17.5 Å². The molecule has 13 heavy (non-hydrogen) atoms. The van der Waals surface area contributed by atoms with Crippen LogP contribution in [0.1, 0.15) is 0 Å². The van der Waals surface area contributed by atoms with Crippen LogP contribution in [-0.4, -0.2) is 9.97 Å². The molecule has 0 bridgehead atoms. The van der Waals surface area contributed by atoms with E-state index in [0.717, 1.165) is 13.5 Å². The number of rotatable bonds is 1. The van der Waals surface area contributed by atoms with Gasteiger partial charge in [0.2, 0.25) is 0 Å². The lowest BCUT2D eigenvalue weighted by Crippen LogP contribution is -1.92. The van der Waals surface area contributed by atoms with Gasteiger partial charge >= 0.3 is 0 Å². The van der Waals surface area contributed by atoms with Crippen molar-refractivity contribution in [1.29, 1.82) is 0 Å². The normalized spacial score (nSPS) is 10.2. The van der Waals surface area contributed by atoms with Crippen molar-refractivity contribution in [3.05, 3.63) is 27.4 Å². The summed E-state index contributed by atoms with van der Waals surface area (Å²) in [5, 5.41) is 0.926. The molecule has 0 spiro atoms. The Bertz CT molecular complexity index is 427. The Labute approximate surface area is 93.2 Å². The number of hydrogen-bond donors (Lipinski definition) is 1. The van der Waals surface area contributed by atoms with Gasteiger partial charge in [-0.2, -0.15) is 0 Å². The lowest BCUT2D eigenvalue weighted by Gasteiger charge is -1.98. The zero-order chi connectivity index (χ0) is 9.26. The van der Waals surface area contributed by atoms with E-state index in [1.165, 1.54) is 0 Å². The molecular weight excluding hydrogens is 297 g/mol. The van der Waals surface area contributed by atoms with E-state index in [9.17, 15) is 0 Å². The van der Waals surface area contributed by atoms with Gasteiger partial charge in [-0.1, -0.05) is 0 Å². The summed E-state index contributed by atoms with van der Waals surface area (Å²) in [5.41, 5.74) is 6.63. The van der Waals surface area contributed by atoms with Crippen molar-refractivity contribution in [3.8, 4) is 10.6 Å². The first-order chi connectivity index (χ1) is 6.27. The van der Waals surface area contributed by atoms with Crippen LogP contribution < -0.4 is 5.73 Å². The number of halogens is 1. The molecule has 0 radical (unpaired) electrons. The van der Waals surface area contributed by atoms with Gasteiger partial charge < -0.3 is 5.73 Å². The first-order valence-electron chi connectivity index (χ1n) is 3.59. The third kappa shape index (κ3) is 1.80. The van der Waals surface area contributed by atoms with Crippen molar-refractivity contribution in [3.63, 3.8) is 0 Å². The molecule has 0 atom stereocenters. The van der Waals surface area contributed by atoms with Gasteiger partial charge in [-0.05, 0) is 34.7 Å². The average Bonchev–Trinajstić information content (AvgIpc) is 2.53. The van der Waals surface area contributed by atoms with Gasteiger partial charge in [0.1, 0.15) is 10.8 Å². The Morgan fingerprint density at radius 2 is 2.23 bits per heavy atom. The van der Waals surface area contributed by atoms with Crippen molar-refractivity contribution in [2.24, 2.45) is 0 Å². The first kappa shape index (κ1) is 8.89. The molecule has 66 valence electrons. The van der Waals surface area contributed by atoms with Crippen LogP contribution in [0, 0.1) is 2.88 Å². The van der Waals surface area contributed by atoms with E-state index in [1.807, 2.05) is 18.3 Å². The number of aromatic nitrogens is 2. The zero-order valence-corrected chi connectivity index (χ0v) is 9.54. The van der Waals surface area contributed by atoms with Gasteiger partial charge in [0.25, 0.3) is 0 Å². The molecule has 3 nitrogen and oxygen atoms in total. The molecule has 0 aliphatic rings. The predicted molar refractivity (Wildman–Crippen MR) is 62.5 cm³/mol. The maximum atomic E-state index is 5.71. The SMILES string of the molecule is Nc1ncccc1-c1ncc(I)s1. The summed E-state index contributed by atoms with van der Waals surface area (Å²) < 4.78 is 1.15. The maximum Gasteiger partial charge on any atom is 0.133 e. The van der Waals surface area contributed by atoms with Crippen LogP contribution in [-0.2, 0) is 0 Å².